The summed E-state index contributed by atoms with van der Waals surface area (Å²) in [5.41, 5.74) is 0.709. The van der Waals surface area contributed by atoms with E-state index in [-0.39, 0.29) is 29.7 Å². The van der Waals surface area contributed by atoms with Gasteiger partial charge in [-0.2, -0.15) is 0 Å². The van der Waals surface area contributed by atoms with E-state index in [1.54, 1.807) is 0 Å². The summed E-state index contributed by atoms with van der Waals surface area (Å²) in [6, 6.07) is 10.4. The molecule has 2 N–H and O–H groups in total. The molecule has 0 unspecified atom stereocenters. The average Bonchev–Trinajstić information content (AvgIpc) is 2.65. The Morgan fingerprint density at radius 3 is 2.30 bits per heavy atom. The zero-order valence-corrected chi connectivity index (χ0v) is 13.8. The molecule has 0 saturated carbocycles. The van der Waals surface area contributed by atoms with E-state index in [9.17, 15) is 22.4 Å². The molecule has 0 spiro atoms. The molecular weight excluding hydrogens is 362 g/mol. The number of hydrogen-bond donors (Lipinski definition) is 2. The van der Waals surface area contributed by atoms with E-state index in [2.05, 4.69) is 15.6 Å². The number of nitrogens with one attached hydrogen (secondary N) is 2. The monoisotopic (exact) mass is 375 g/mol. The van der Waals surface area contributed by atoms with E-state index in [1.165, 1.54) is 42.6 Å². The molecule has 0 aliphatic heterocycles. The van der Waals surface area contributed by atoms with Crippen LogP contribution < -0.4 is 10.6 Å². The summed E-state index contributed by atoms with van der Waals surface area (Å²) in [6.45, 7) is 0. The highest BCUT2D eigenvalue weighted by molar-refractivity contribution is 5.91. The van der Waals surface area contributed by atoms with Crippen molar-refractivity contribution < 1.29 is 22.4 Å². The number of anilines is 3. The number of rotatable bonds is 5. The normalized spacial score (nSPS) is 10.5. The first-order valence-electron chi connectivity index (χ1n) is 7.83. The second kappa shape index (κ2) is 7.86. The van der Waals surface area contributed by atoms with Crippen molar-refractivity contribution in [1.29, 1.82) is 0 Å². The van der Waals surface area contributed by atoms with Crippen LogP contribution in [0.3, 0.4) is 0 Å². The topological polar surface area (TPSA) is 54.0 Å². The minimum absolute atomic E-state index is 0.0437. The Bertz CT molecular complexity index is 960. The summed E-state index contributed by atoms with van der Waals surface area (Å²) < 4.78 is 52.7. The highest BCUT2D eigenvalue weighted by atomic mass is 19.2. The summed E-state index contributed by atoms with van der Waals surface area (Å²) in [7, 11) is 0. The standard InChI is InChI=1S/C19H13F4N3O/c20-12-3-1-11(2-4-12)9-17(27)26-16-8-5-13(10-24-16)25-15-7-6-14(21)18(22)19(15)23/h1-8,10,25H,9H2,(H,24,26,27). The van der Waals surface area contributed by atoms with Gasteiger partial charge in [0.15, 0.2) is 17.5 Å². The molecule has 0 atom stereocenters. The summed E-state index contributed by atoms with van der Waals surface area (Å²) in [4.78, 5) is 16.0. The molecule has 2 aromatic carbocycles. The molecule has 1 aromatic heterocycles. The lowest BCUT2D eigenvalue weighted by Gasteiger charge is -2.09. The Balaban J connectivity index is 1.62. The van der Waals surface area contributed by atoms with Crippen molar-refractivity contribution >= 4 is 23.1 Å². The maximum atomic E-state index is 13.7. The van der Waals surface area contributed by atoms with Crippen molar-refractivity contribution in [2.75, 3.05) is 10.6 Å². The van der Waals surface area contributed by atoms with Crippen LogP contribution >= 0.6 is 0 Å². The molecule has 1 heterocycles. The minimum Gasteiger partial charge on any atom is -0.352 e. The van der Waals surface area contributed by atoms with Crippen LogP contribution in [-0.4, -0.2) is 10.9 Å². The van der Waals surface area contributed by atoms with Crippen molar-refractivity contribution in [3.05, 3.63) is 83.6 Å². The first kappa shape index (κ1) is 18.4. The van der Waals surface area contributed by atoms with Crippen molar-refractivity contribution in [1.82, 2.24) is 4.98 Å². The molecule has 8 heteroatoms. The fourth-order valence-corrected chi connectivity index (χ4v) is 2.29. The fourth-order valence-electron chi connectivity index (χ4n) is 2.29. The lowest BCUT2D eigenvalue weighted by Crippen LogP contribution is -2.15. The molecule has 4 nitrogen and oxygen atoms in total. The van der Waals surface area contributed by atoms with E-state index in [1.807, 2.05) is 0 Å². The van der Waals surface area contributed by atoms with Crippen LogP contribution in [0.5, 0.6) is 0 Å². The van der Waals surface area contributed by atoms with Crippen molar-refractivity contribution in [2.24, 2.45) is 0 Å². The van der Waals surface area contributed by atoms with Crippen LogP contribution in [-0.2, 0) is 11.2 Å². The number of aromatic nitrogens is 1. The minimum atomic E-state index is -1.57. The summed E-state index contributed by atoms with van der Waals surface area (Å²) >= 11 is 0. The predicted octanol–water partition coefficient (Wildman–Crippen LogP) is 4.56. The van der Waals surface area contributed by atoms with Gasteiger partial charge in [0.1, 0.15) is 11.6 Å². The Kier molecular flexibility index (Phi) is 5.35. The number of carbonyl (C=O) groups excluding carboxylic acids is 1. The molecule has 0 saturated heterocycles. The van der Waals surface area contributed by atoms with Crippen molar-refractivity contribution in [3.8, 4) is 0 Å². The zero-order valence-electron chi connectivity index (χ0n) is 13.8. The number of benzene rings is 2. The van der Waals surface area contributed by atoms with Gasteiger partial charge in [-0.05, 0) is 42.0 Å². The number of pyridine rings is 1. The van der Waals surface area contributed by atoms with Gasteiger partial charge < -0.3 is 10.6 Å². The van der Waals surface area contributed by atoms with Crippen molar-refractivity contribution in [2.45, 2.75) is 6.42 Å². The Hall–Kier alpha value is -3.42. The SMILES string of the molecule is O=C(Cc1ccc(F)cc1)Nc1ccc(Nc2ccc(F)c(F)c2F)cn1. The summed E-state index contributed by atoms with van der Waals surface area (Å²) in [6.07, 6.45) is 1.34. The third-order valence-corrected chi connectivity index (χ3v) is 3.62. The maximum Gasteiger partial charge on any atom is 0.229 e. The van der Waals surface area contributed by atoms with Crippen molar-refractivity contribution in [3.63, 3.8) is 0 Å². The van der Waals surface area contributed by atoms with Gasteiger partial charge in [0.2, 0.25) is 5.91 Å². The van der Waals surface area contributed by atoms with E-state index >= 15 is 0 Å². The molecule has 1 amide bonds. The summed E-state index contributed by atoms with van der Waals surface area (Å²) in [5.74, 6) is -4.68. The van der Waals surface area contributed by atoms with Gasteiger partial charge in [-0.15, -0.1) is 0 Å². The first-order valence-corrected chi connectivity index (χ1v) is 7.83. The number of amides is 1. The van der Waals surface area contributed by atoms with Crippen LogP contribution in [0.2, 0.25) is 0 Å². The maximum absolute atomic E-state index is 13.7. The van der Waals surface area contributed by atoms with Crippen LogP contribution in [0.4, 0.5) is 34.8 Å². The molecular formula is C19H13F4N3O. The third-order valence-electron chi connectivity index (χ3n) is 3.62. The first-order chi connectivity index (χ1) is 12.9. The van der Waals surface area contributed by atoms with Crippen LogP contribution in [0.1, 0.15) is 5.56 Å². The number of nitrogens with zero attached hydrogens (tertiary/aromatic N) is 1. The molecule has 0 bridgehead atoms. The van der Waals surface area contributed by atoms with E-state index < -0.39 is 17.5 Å². The third kappa shape index (κ3) is 4.60. The summed E-state index contributed by atoms with van der Waals surface area (Å²) in [5, 5.41) is 5.14. The van der Waals surface area contributed by atoms with Crippen LogP contribution in [0.15, 0.2) is 54.7 Å². The average molecular weight is 375 g/mol. The van der Waals surface area contributed by atoms with Gasteiger partial charge in [-0.1, -0.05) is 12.1 Å². The molecule has 3 aromatic rings. The lowest BCUT2D eigenvalue weighted by molar-refractivity contribution is -0.115. The van der Waals surface area contributed by atoms with E-state index in [0.29, 0.717) is 11.3 Å². The van der Waals surface area contributed by atoms with Crippen LogP contribution in [0, 0.1) is 23.3 Å². The van der Waals surface area contributed by atoms with E-state index in [4.69, 9.17) is 0 Å². The number of hydrogen-bond acceptors (Lipinski definition) is 3. The molecule has 27 heavy (non-hydrogen) atoms. The largest absolute Gasteiger partial charge is 0.352 e. The molecule has 0 radical (unpaired) electrons. The quantitative estimate of drug-likeness (QED) is 0.508. The van der Waals surface area contributed by atoms with Gasteiger partial charge in [-0.25, -0.2) is 22.5 Å². The molecule has 0 aliphatic carbocycles. The van der Waals surface area contributed by atoms with Gasteiger partial charge in [0.05, 0.1) is 24.0 Å². The van der Waals surface area contributed by atoms with Gasteiger partial charge >= 0.3 is 0 Å². The highest BCUT2D eigenvalue weighted by Gasteiger charge is 2.13. The molecule has 138 valence electrons. The zero-order chi connectivity index (χ0) is 19.4. The fraction of sp³-hybridized carbons (Fsp3) is 0.0526. The van der Waals surface area contributed by atoms with Gasteiger partial charge in [0, 0.05) is 0 Å². The number of halogens is 4. The predicted molar refractivity (Wildman–Crippen MR) is 92.6 cm³/mol. The lowest BCUT2D eigenvalue weighted by atomic mass is 10.1. The Morgan fingerprint density at radius 1 is 0.889 bits per heavy atom. The second-order valence-electron chi connectivity index (χ2n) is 5.63. The smallest absolute Gasteiger partial charge is 0.229 e. The van der Waals surface area contributed by atoms with E-state index in [0.717, 1.165) is 12.1 Å². The second-order valence-corrected chi connectivity index (χ2v) is 5.63. The Labute approximate surface area is 151 Å². The highest BCUT2D eigenvalue weighted by Crippen LogP contribution is 2.23. The molecule has 0 aliphatic rings. The molecule has 3 rings (SSSR count). The molecule has 0 fully saturated rings. The number of carbonyl (C=O) groups is 1. The Morgan fingerprint density at radius 2 is 1.63 bits per heavy atom. The van der Waals surface area contributed by atoms with Crippen LogP contribution in [0.25, 0.3) is 0 Å². The van der Waals surface area contributed by atoms with Gasteiger partial charge in [-0.3, -0.25) is 4.79 Å². The van der Waals surface area contributed by atoms with Gasteiger partial charge in [0.25, 0.3) is 0 Å².